The molecule has 0 spiro atoms. The summed E-state index contributed by atoms with van der Waals surface area (Å²) in [7, 11) is 0. The van der Waals surface area contributed by atoms with Crippen molar-refractivity contribution in [2.24, 2.45) is 5.92 Å². The molecule has 1 amide bonds. The van der Waals surface area contributed by atoms with Crippen molar-refractivity contribution >= 4 is 5.91 Å². The molecule has 120 valence electrons. The first kappa shape index (κ1) is 15.5. The average Bonchev–Trinajstić information content (AvgIpc) is 2.98. The molecule has 2 aliphatic rings. The van der Waals surface area contributed by atoms with E-state index in [1.54, 1.807) is 0 Å². The Bertz CT molecular complexity index is 495. The molecule has 3 nitrogen and oxygen atoms in total. The standard InChI is InChI=1S/C19H28N2O/c1-19(17-5-3-2-4-6-17)11-14-21(15-19)18(22)8-7-16-9-12-20-13-10-16/h2-6,16,20H,7-15H2,1H3. The summed E-state index contributed by atoms with van der Waals surface area (Å²) in [5.41, 5.74) is 1.50. The van der Waals surface area contributed by atoms with Crippen LogP contribution in [-0.4, -0.2) is 37.0 Å². The molecule has 2 saturated heterocycles. The van der Waals surface area contributed by atoms with Gasteiger partial charge in [0.2, 0.25) is 5.91 Å². The molecule has 1 aromatic carbocycles. The molecule has 1 N–H and O–H groups in total. The molecule has 2 heterocycles. The molecular weight excluding hydrogens is 272 g/mol. The van der Waals surface area contributed by atoms with E-state index >= 15 is 0 Å². The van der Waals surface area contributed by atoms with E-state index in [9.17, 15) is 4.79 Å². The van der Waals surface area contributed by atoms with Gasteiger partial charge in [0.15, 0.2) is 0 Å². The molecular formula is C19H28N2O. The van der Waals surface area contributed by atoms with Crippen molar-refractivity contribution in [3.05, 3.63) is 35.9 Å². The Labute approximate surface area is 134 Å². The van der Waals surface area contributed by atoms with Crippen LogP contribution in [0.5, 0.6) is 0 Å². The van der Waals surface area contributed by atoms with Gasteiger partial charge in [-0.2, -0.15) is 0 Å². The minimum Gasteiger partial charge on any atom is -0.342 e. The van der Waals surface area contributed by atoms with Crippen LogP contribution in [0.15, 0.2) is 30.3 Å². The normalized spacial score (nSPS) is 26.3. The number of amides is 1. The first-order valence-corrected chi connectivity index (χ1v) is 8.71. The first-order valence-electron chi connectivity index (χ1n) is 8.71. The zero-order chi connectivity index (χ0) is 15.4. The van der Waals surface area contributed by atoms with Crippen LogP contribution >= 0.6 is 0 Å². The maximum Gasteiger partial charge on any atom is 0.222 e. The summed E-state index contributed by atoms with van der Waals surface area (Å²) in [6, 6.07) is 10.7. The maximum absolute atomic E-state index is 12.5. The van der Waals surface area contributed by atoms with Gasteiger partial charge in [0, 0.05) is 24.9 Å². The van der Waals surface area contributed by atoms with E-state index in [1.165, 1.54) is 18.4 Å². The lowest BCUT2D eigenvalue weighted by atomic mass is 9.82. The highest BCUT2D eigenvalue weighted by Gasteiger charge is 2.37. The summed E-state index contributed by atoms with van der Waals surface area (Å²) in [5, 5.41) is 3.39. The number of nitrogens with one attached hydrogen (secondary N) is 1. The monoisotopic (exact) mass is 300 g/mol. The fourth-order valence-electron chi connectivity index (χ4n) is 3.91. The predicted octanol–water partition coefficient (Wildman–Crippen LogP) is 2.96. The second kappa shape index (κ2) is 6.82. The molecule has 0 radical (unpaired) electrons. The van der Waals surface area contributed by atoms with Crippen molar-refractivity contribution in [1.29, 1.82) is 0 Å². The summed E-state index contributed by atoms with van der Waals surface area (Å²) in [4.78, 5) is 14.6. The summed E-state index contributed by atoms with van der Waals surface area (Å²) in [5.74, 6) is 1.10. The highest BCUT2D eigenvalue weighted by Crippen LogP contribution is 2.34. The summed E-state index contributed by atoms with van der Waals surface area (Å²) < 4.78 is 0. The zero-order valence-corrected chi connectivity index (χ0v) is 13.7. The maximum atomic E-state index is 12.5. The van der Waals surface area contributed by atoms with Crippen molar-refractivity contribution in [2.75, 3.05) is 26.2 Å². The van der Waals surface area contributed by atoms with E-state index < -0.39 is 0 Å². The first-order chi connectivity index (χ1) is 10.7. The van der Waals surface area contributed by atoms with Crippen LogP contribution in [0.4, 0.5) is 0 Å². The molecule has 1 atom stereocenters. The summed E-state index contributed by atoms with van der Waals surface area (Å²) >= 11 is 0. The number of hydrogen-bond donors (Lipinski definition) is 1. The molecule has 1 aromatic rings. The minimum absolute atomic E-state index is 0.131. The van der Waals surface area contributed by atoms with Gasteiger partial charge < -0.3 is 10.2 Å². The summed E-state index contributed by atoms with van der Waals surface area (Å²) in [6.45, 7) is 6.32. The third-order valence-corrected chi connectivity index (χ3v) is 5.52. The van der Waals surface area contributed by atoms with Gasteiger partial charge in [0.1, 0.15) is 0 Å². The van der Waals surface area contributed by atoms with Crippen LogP contribution in [0.2, 0.25) is 0 Å². The number of benzene rings is 1. The van der Waals surface area contributed by atoms with Crippen molar-refractivity contribution in [2.45, 2.75) is 44.4 Å². The van der Waals surface area contributed by atoms with Crippen molar-refractivity contribution in [3.8, 4) is 0 Å². The van der Waals surface area contributed by atoms with Crippen molar-refractivity contribution in [1.82, 2.24) is 10.2 Å². The number of hydrogen-bond acceptors (Lipinski definition) is 2. The van der Waals surface area contributed by atoms with Crippen molar-refractivity contribution < 1.29 is 4.79 Å². The largest absolute Gasteiger partial charge is 0.342 e. The Kier molecular flexibility index (Phi) is 4.82. The number of piperidine rings is 1. The van der Waals surface area contributed by atoms with Gasteiger partial charge in [-0.3, -0.25) is 4.79 Å². The second-order valence-electron chi connectivity index (χ2n) is 7.22. The highest BCUT2D eigenvalue weighted by molar-refractivity contribution is 5.76. The van der Waals surface area contributed by atoms with Crippen LogP contribution < -0.4 is 5.32 Å². The van der Waals surface area contributed by atoms with E-state index in [2.05, 4.69) is 47.5 Å². The third kappa shape index (κ3) is 3.52. The van der Waals surface area contributed by atoms with Gasteiger partial charge in [-0.1, -0.05) is 37.3 Å². The van der Waals surface area contributed by atoms with Crippen LogP contribution in [-0.2, 0) is 10.2 Å². The molecule has 2 fully saturated rings. The Hall–Kier alpha value is -1.35. The quantitative estimate of drug-likeness (QED) is 0.927. The van der Waals surface area contributed by atoms with Gasteiger partial charge in [0.25, 0.3) is 0 Å². The Balaban J connectivity index is 1.52. The van der Waals surface area contributed by atoms with Crippen LogP contribution in [0, 0.1) is 5.92 Å². The van der Waals surface area contributed by atoms with Gasteiger partial charge in [-0.05, 0) is 50.3 Å². The smallest absolute Gasteiger partial charge is 0.222 e. The van der Waals surface area contributed by atoms with Crippen LogP contribution in [0.3, 0.4) is 0 Å². The van der Waals surface area contributed by atoms with E-state index in [0.29, 0.717) is 5.91 Å². The van der Waals surface area contributed by atoms with Gasteiger partial charge in [-0.15, -0.1) is 0 Å². The molecule has 22 heavy (non-hydrogen) atoms. The zero-order valence-electron chi connectivity index (χ0n) is 13.7. The van der Waals surface area contributed by atoms with E-state index in [0.717, 1.165) is 51.4 Å². The molecule has 0 aliphatic carbocycles. The lowest BCUT2D eigenvalue weighted by Crippen LogP contribution is -2.33. The molecule has 0 saturated carbocycles. The highest BCUT2D eigenvalue weighted by atomic mass is 16.2. The number of likely N-dealkylation sites (tertiary alicyclic amines) is 1. The van der Waals surface area contributed by atoms with E-state index in [4.69, 9.17) is 0 Å². The van der Waals surface area contributed by atoms with Crippen LogP contribution in [0.25, 0.3) is 0 Å². The number of rotatable bonds is 4. The number of carbonyl (C=O) groups is 1. The Morgan fingerprint density at radius 1 is 1.27 bits per heavy atom. The lowest BCUT2D eigenvalue weighted by molar-refractivity contribution is -0.130. The Morgan fingerprint density at radius 2 is 2.00 bits per heavy atom. The summed E-state index contributed by atoms with van der Waals surface area (Å²) in [6.07, 6.45) is 5.34. The lowest BCUT2D eigenvalue weighted by Gasteiger charge is -2.26. The molecule has 1 unspecified atom stereocenters. The molecule has 3 heteroatoms. The SMILES string of the molecule is CC1(c2ccccc2)CCN(C(=O)CCC2CCNCC2)C1. The van der Waals surface area contributed by atoms with Crippen molar-refractivity contribution in [3.63, 3.8) is 0 Å². The fraction of sp³-hybridized carbons (Fsp3) is 0.632. The van der Waals surface area contributed by atoms with E-state index in [-0.39, 0.29) is 5.41 Å². The third-order valence-electron chi connectivity index (χ3n) is 5.52. The number of carbonyl (C=O) groups excluding carboxylic acids is 1. The molecule has 2 aliphatic heterocycles. The van der Waals surface area contributed by atoms with Gasteiger partial charge in [0.05, 0.1) is 0 Å². The molecule has 0 bridgehead atoms. The topological polar surface area (TPSA) is 32.3 Å². The fourth-order valence-corrected chi connectivity index (χ4v) is 3.91. The van der Waals surface area contributed by atoms with Crippen LogP contribution in [0.1, 0.15) is 44.6 Å². The average molecular weight is 300 g/mol. The molecule has 0 aromatic heterocycles. The number of nitrogens with zero attached hydrogens (tertiary/aromatic N) is 1. The molecule has 3 rings (SSSR count). The Morgan fingerprint density at radius 3 is 2.73 bits per heavy atom. The predicted molar refractivity (Wildman–Crippen MR) is 89.8 cm³/mol. The van der Waals surface area contributed by atoms with E-state index in [1.807, 2.05) is 0 Å². The minimum atomic E-state index is 0.131. The van der Waals surface area contributed by atoms with Gasteiger partial charge >= 0.3 is 0 Å². The second-order valence-corrected chi connectivity index (χ2v) is 7.22. The van der Waals surface area contributed by atoms with Gasteiger partial charge in [-0.25, -0.2) is 0 Å².